The van der Waals surface area contributed by atoms with Crippen LogP contribution in [0.3, 0.4) is 0 Å². The minimum Gasteiger partial charge on any atom is -0.356 e. The molecule has 1 heterocycles. The first-order valence-electron chi connectivity index (χ1n) is 11.2. The molecule has 2 N–H and O–H groups in total. The Bertz CT molecular complexity index is 589. The molecule has 0 radical (unpaired) electrons. The van der Waals surface area contributed by atoms with Gasteiger partial charge in [0.25, 0.3) is 0 Å². The fourth-order valence-electron chi connectivity index (χ4n) is 3.76. The lowest BCUT2D eigenvalue weighted by atomic mass is 10.1. The third-order valence-electron chi connectivity index (χ3n) is 6.15. The van der Waals surface area contributed by atoms with Crippen molar-refractivity contribution < 1.29 is 0 Å². The molecular formula is C23H43IN6. The molecular weight excluding hydrogens is 487 g/mol. The number of aliphatic imine (C=N–C) groups is 1. The van der Waals surface area contributed by atoms with Crippen LogP contribution in [-0.4, -0.2) is 92.7 Å². The number of hydrogen-bond acceptors (Lipinski definition) is 4. The maximum Gasteiger partial charge on any atom is 0.191 e. The van der Waals surface area contributed by atoms with Crippen molar-refractivity contribution in [1.82, 2.24) is 25.3 Å². The van der Waals surface area contributed by atoms with Crippen LogP contribution in [0.1, 0.15) is 32.8 Å². The van der Waals surface area contributed by atoms with Gasteiger partial charge in [0, 0.05) is 64.9 Å². The zero-order chi connectivity index (χ0) is 21.1. The lowest BCUT2D eigenvalue weighted by Gasteiger charge is -2.37. The first-order valence-corrected chi connectivity index (χ1v) is 11.2. The molecule has 1 aliphatic rings. The molecule has 2 unspecified atom stereocenters. The number of benzene rings is 1. The Morgan fingerprint density at radius 1 is 1.10 bits per heavy atom. The van der Waals surface area contributed by atoms with Crippen LogP contribution in [0.2, 0.25) is 0 Å². The highest BCUT2D eigenvalue weighted by atomic mass is 127. The number of guanidine groups is 1. The number of hydrogen-bond donors (Lipinski definition) is 2. The van der Waals surface area contributed by atoms with Gasteiger partial charge in [0.2, 0.25) is 0 Å². The minimum absolute atomic E-state index is 0. The van der Waals surface area contributed by atoms with Crippen molar-refractivity contribution >= 4 is 29.9 Å². The molecule has 0 saturated carbocycles. The Morgan fingerprint density at radius 2 is 1.77 bits per heavy atom. The van der Waals surface area contributed by atoms with Gasteiger partial charge in [-0.25, -0.2) is 0 Å². The van der Waals surface area contributed by atoms with Crippen LogP contribution in [0, 0.1) is 0 Å². The predicted octanol–water partition coefficient (Wildman–Crippen LogP) is 2.71. The number of likely N-dealkylation sites (N-methyl/N-ethyl adjacent to an activating group) is 1. The smallest absolute Gasteiger partial charge is 0.191 e. The molecule has 2 rings (SSSR count). The van der Waals surface area contributed by atoms with E-state index in [0.717, 1.165) is 51.6 Å². The van der Waals surface area contributed by atoms with E-state index < -0.39 is 0 Å². The van der Waals surface area contributed by atoms with Crippen LogP contribution < -0.4 is 10.6 Å². The molecule has 172 valence electrons. The van der Waals surface area contributed by atoms with E-state index in [1.807, 2.05) is 7.05 Å². The zero-order valence-electron chi connectivity index (χ0n) is 19.6. The van der Waals surface area contributed by atoms with E-state index >= 15 is 0 Å². The van der Waals surface area contributed by atoms with E-state index in [1.54, 1.807) is 0 Å². The van der Waals surface area contributed by atoms with E-state index in [4.69, 9.17) is 0 Å². The Kier molecular flexibility index (Phi) is 13.6. The first kappa shape index (κ1) is 27.1. The van der Waals surface area contributed by atoms with E-state index in [0.29, 0.717) is 12.1 Å². The maximum absolute atomic E-state index is 4.39. The molecule has 30 heavy (non-hydrogen) atoms. The van der Waals surface area contributed by atoms with Crippen LogP contribution in [0.5, 0.6) is 0 Å². The van der Waals surface area contributed by atoms with Crippen molar-refractivity contribution in [3.8, 4) is 0 Å². The summed E-state index contributed by atoms with van der Waals surface area (Å²) in [6.45, 7) is 15.5. The van der Waals surface area contributed by atoms with Gasteiger partial charge in [0.05, 0.1) is 0 Å². The van der Waals surface area contributed by atoms with Crippen LogP contribution >= 0.6 is 24.0 Å². The molecule has 0 aromatic heterocycles. The second-order valence-corrected chi connectivity index (χ2v) is 8.24. The van der Waals surface area contributed by atoms with E-state index in [1.165, 1.54) is 18.7 Å². The van der Waals surface area contributed by atoms with Gasteiger partial charge in [-0.2, -0.15) is 0 Å². The van der Waals surface area contributed by atoms with Gasteiger partial charge in [-0.05, 0) is 39.4 Å². The maximum atomic E-state index is 4.39. The Morgan fingerprint density at radius 3 is 2.37 bits per heavy atom. The average molecular weight is 531 g/mol. The lowest BCUT2D eigenvalue weighted by molar-refractivity contribution is 0.107. The van der Waals surface area contributed by atoms with Crippen LogP contribution in [0.15, 0.2) is 35.3 Å². The number of piperazine rings is 1. The number of nitrogens with one attached hydrogen (secondary N) is 2. The molecule has 0 amide bonds. The van der Waals surface area contributed by atoms with Crippen molar-refractivity contribution in [3.05, 3.63) is 35.9 Å². The summed E-state index contributed by atoms with van der Waals surface area (Å²) in [5.74, 6) is 0.905. The van der Waals surface area contributed by atoms with Crippen molar-refractivity contribution in [2.75, 3.05) is 59.9 Å². The topological polar surface area (TPSA) is 46.1 Å². The van der Waals surface area contributed by atoms with Crippen LogP contribution in [0.4, 0.5) is 0 Å². The predicted molar refractivity (Wildman–Crippen MR) is 140 cm³/mol. The van der Waals surface area contributed by atoms with E-state index in [9.17, 15) is 0 Å². The molecule has 7 heteroatoms. The molecule has 1 aliphatic heterocycles. The van der Waals surface area contributed by atoms with Crippen LogP contribution in [-0.2, 0) is 6.54 Å². The third-order valence-corrected chi connectivity index (χ3v) is 6.15. The van der Waals surface area contributed by atoms with Crippen molar-refractivity contribution in [1.29, 1.82) is 0 Å². The van der Waals surface area contributed by atoms with Crippen molar-refractivity contribution in [2.24, 2.45) is 4.99 Å². The molecule has 0 spiro atoms. The standard InChI is InChI=1S/C23H42N6.HI/c1-6-28-14-16-29(17-15-28)21(3)18-26-23(24-4)25-13-12-20(2)27(5)19-22-10-8-7-9-11-22;/h7-11,20-21H,6,12-19H2,1-5H3,(H2,24,25,26);1H. The normalized spacial score (nSPS) is 18.0. The van der Waals surface area contributed by atoms with Gasteiger partial charge in [0.1, 0.15) is 0 Å². The summed E-state index contributed by atoms with van der Waals surface area (Å²) in [4.78, 5) is 11.9. The molecule has 1 saturated heterocycles. The summed E-state index contributed by atoms with van der Waals surface area (Å²) in [6.07, 6.45) is 1.08. The monoisotopic (exact) mass is 530 g/mol. The summed E-state index contributed by atoms with van der Waals surface area (Å²) in [6, 6.07) is 11.7. The Hall–Kier alpha value is -0.900. The third kappa shape index (κ3) is 9.49. The highest BCUT2D eigenvalue weighted by Gasteiger charge is 2.20. The highest BCUT2D eigenvalue weighted by molar-refractivity contribution is 14.0. The number of rotatable bonds is 10. The Labute approximate surface area is 201 Å². The molecule has 6 nitrogen and oxygen atoms in total. The summed E-state index contributed by atoms with van der Waals surface area (Å²) < 4.78 is 0. The van der Waals surface area contributed by atoms with Crippen molar-refractivity contribution in [3.63, 3.8) is 0 Å². The summed E-state index contributed by atoms with van der Waals surface area (Å²) in [5.41, 5.74) is 1.36. The van der Waals surface area contributed by atoms with Gasteiger partial charge in [-0.1, -0.05) is 37.3 Å². The fourth-order valence-corrected chi connectivity index (χ4v) is 3.76. The summed E-state index contributed by atoms with van der Waals surface area (Å²) in [7, 11) is 4.05. The van der Waals surface area contributed by atoms with Gasteiger partial charge in [-0.3, -0.25) is 14.8 Å². The van der Waals surface area contributed by atoms with E-state index in [-0.39, 0.29) is 24.0 Å². The average Bonchev–Trinajstić information content (AvgIpc) is 2.76. The lowest BCUT2D eigenvalue weighted by Crippen LogP contribution is -2.53. The second kappa shape index (κ2) is 15.0. The van der Waals surface area contributed by atoms with Gasteiger partial charge >= 0.3 is 0 Å². The molecule has 1 fully saturated rings. The van der Waals surface area contributed by atoms with Gasteiger partial charge in [-0.15, -0.1) is 24.0 Å². The number of nitrogens with zero attached hydrogens (tertiary/aromatic N) is 4. The first-order chi connectivity index (χ1) is 14.0. The quantitative estimate of drug-likeness (QED) is 0.277. The minimum atomic E-state index is 0. The SMILES string of the molecule is CCN1CCN(C(C)CNC(=NC)NCCC(C)N(C)Cc2ccccc2)CC1.I. The zero-order valence-corrected chi connectivity index (χ0v) is 21.9. The largest absolute Gasteiger partial charge is 0.356 e. The molecule has 1 aromatic rings. The number of halogens is 1. The highest BCUT2D eigenvalue weighted by Crippen LogP contribution is 2.08. The second-order valence-electron chi connectivity index (χ2n) is 8.24. The molecule has 2 atom stereocenters. The van der Waals surface area contributed by atoms with E-state index in [2.05, 4.69) is 88.5 Å². The fraction of sp³-hybridized carbons (Fsp3) is 0.696. The summed E-state index contributed by atoms with van der Waals surface area (Å²) >= 11 is 0. The Balaban J connectivity index is 0.00000450. The molecule has 0 bridgehead atoms. The van der Waals surface area contributed by atoms with Gasteiger partial charge in [0.15, 0.2) is 5.96 Å². The molecule has 0 aliphatic carbocycles. The van der Waals surface area contributed by atoms with Gasteiger partial charge < -0.3 is 15.5 Å². The van der Waals surface area contributed by atoms with Crippen molar-refractivity contribution in [2.45, 2.75) is 45.8 Å². The van der Waals surface area contributed by atoms with Crippen LogP contribution in [0.25, 0.3) is 0 Å². The summed E-state index contributed by atoms with van der Waals surface area (Å²) in [5, 5.41) is 6.98. The molecule has 1 aromatic carbocycles.